The van der Waals surface area contributed by atoms with E-state index in [1.54, 1.807) is 7.11 Å². The Kier molecular flexibility index (Phi) is 3.88. The molecule has 1 aromatic carbocycles. The molecule has 2 saturated carbocycles. The van der Waals surface area contributed by atoms with Crippen molar-refractivity contribution < 1.29 is 22.5 Å². The van der Waals surface area contributed by atoms with E-state index in [0.717, 1.165) is 17.7 Å². The molecule has 2 bridgehead atoms. The number of hydrogen-bond donors (Lipinski definition) is 1. The van der Waals surface area contributed by atoms with Gasteiger partial charge in [-0.3, -0.25) is 9.35 Å². The van der Waals surface area contributed by atoms with Crippen LogP contribution in [0.2, 0.25) is 0 Å². The van der Waals surface area contributed by atoms with Crippen LogP contribution in [0.15, 0.2) is 29.8 Å². The molecule has 0 saturated heterocycles. The van der Waals surface area contributed by atoms with Gasteiger partial charge in [0, 0.05) is 5.57 Å². The van der Waals surface area contributed by atoms with E-state index in [9.17, 15) is 17.8 Å². The summed E-state index contributed by atoms with van der Waals surface area (Å²) in [7, 11) is -2.63. The number of Topliss-reactive ketones (excluding diaryl/α,β-unsaturated/α-hetero) is 1. The van der Waals surface area contributed by atoms with E-state index in [4.69, 9.17) is 4.74 Å². The second kappa shape index (κ2) is 5.43. The van der Waals surface area contributed by atoms with Crippen LogP contribution in [0.5, 0.6) is 5.75 Å². The van der Waals surface area contributed by atoms with Crippen molar-refractivity contribution >= 4 is 22.0 Å². The minimum absolute atomic E-state index is 0.00820. The molecule has 5 nitrogen and oxygen atoms in total. The molecular weight excluding hydrogens is 328 g/mol. The number of methoxy groups -OCH3 is 1. The summed E-state index contributed by atoms with van der Waals surface area (Å²) in [6.45, 7) is 3.87. The van der Waals surface area contributed by atoms with Gasteiger partial charge in [0.05, 0.1) is 18.3 Å². The first-order chi connectivity index (χ1) is 11.1. The zero-order valence-corrected chi connectivity index (χ0v) is 14.9. The van der Waals surface area contributed by atoms with Gasteiger partial charge in [0.2, 0.25) is 0 Å². The van der Waals surface area contributed by atoms with E-state index in [-0.39, 0.29) is 11.7 Å². The molecule has 2 aliphatic rings. The lowest BCUT2D eigenvalue weighted by molar-refractivity contribution is -0.125. The highest BCUT2D eigenvalue weighted by atomic mass is 32.2. The Bertz CT molecular complexity index is 804. The van der Waals surface area contributed by atoms with Crippen LogP contribution in [-0.2, 0) is 14.9 Å². The smallest absolute Gasteiger partial charge is 0.265 e. The molecule has 0 radical (unpaired) electrons. The second-order valence-corrected chi connectivity index (χ2v) is 8.78. The van der Waals surface area contributed by atoms with Crippen molar-refractivity contribution in [2.75, 3.05) is 12.9 Å². The van der Waals surface area contributed by atoms with Gasteiger partial charge in [0.25, 0.3) is 10.1 Å². The first-order valence-corrected chi connectivity index (χ1v) is 9.57. The number of ketones is 1. The van der Waals surface area contributed by atoms with Gasteiger partial charge < -0.3 is 4.74 Å². The van der Waals surface area contributed by atoms with Crippen LogP contribution in [0.4, 0.5) is 0 Å². The second-order valence-electron chi connectivity index (χ2n) is 7.32. The Balaban J connectivity index is 2.03. The quantitative estimate of drug-likeness (QED) is 0.667. The van der Waals surface area contributed by atoms with E-state index in [2.05, 4.69) is 0 Å². The van der Waals surface area contributed by atoms with Crippen molar-refractivity contribution in [3.63, 3.8) is 0 Å². The van der Waals surface area contributed by atoms with E-state index < -0.39 is 26.7 Å². The summed E-state index contributed by atoms with van der Waals surface area (Å²) < 4.78 is 37.5. The maximum Gasteiger partial charge on any atom is 0.265 e. The predicted octanol–water partition coefficient (Wildman–Crippen LogP) is 2.97. The first-order valence-electron chi connectivity index (χ1n) is 7.96. The van der Waals surface area contributed by atoms with Crippen molar-refractivity contribution in [1.29, 1.82) is 0 Å². The van der Waals surface area contributed by atoms with Crippen molar-refractivity contribution in [2.24, 2.45) is 16.7 Å². The number of ether oxygens (including phenoxy) is 1. The van der Waals surface area contributed by atoms with E-state index in [1.165, 1.54) is 0 Å². The fourth-order valence-electron chi connectivity index (χ4n) is 4.47. The van der Waals surface area contributed by atoms with Gasteiger partial charge in [-0.15, -0.1) is 0 Å². The van der Waals surface area contributed by atoms with Crippen LogP contribution >= 0.6 is 0 Å². The molecule has 0 amide bonds. The Morgan fingerprint density at radius 3 is 2.46 bits per heavy atom. The van der Waals surface area contributed by atoms with E-state index in [0.29, 0.717) is 12.0 Å². The third-order valence-corrected chi connectivity index (χ3v) is 6.76. The van der Waals surface area contributed by atoms with Crippen molar-refractivity contribution in [1.82, 2.24) is 0 Å². The minimum Gasteiger partial charge on any atom is -0.497 e. The highest BCUT2D eigenvalue weighted by molar-refractivity contribution is 7.85. The number of fused-ring (bicyclic) bond motifs is 2. The lowest BCUT2D eigenvalue weighted by atomic mass is 9.70. The van der Waals surface area contributed by atoms with Crippen molar-refractivity contribution in [3.8, 4) is 5.75 Å². The summed E-state index contributed by atoms with van der Waals surface area (Å²) in [5.41, 5.74) is 0.0337. The SMILES string of the molecule is COc1ccc(/C=C2/C(=O)[C@@]3(CS(=O)(=O)O)CCC2C3(C)C)cc1. The number of allylic oxidation sites excluding steroid dienone is 1. The lowest BCUT2D eigenvalue weighted by Gasteiger charge is -2.34. The Morgan fingerprint density at radius 2 is 1.92 bits per heavy atom. The molecule has 2 fully saturated rings. The van der Waals surface area contributed by atoms with Crippen molar-refractivity contribution in [2.45, 2.75) is 26.7 Å². The van der Waals surface area contributed by atoms with Crippen LogP contribution < -0.4 is 4.74 Å². The number of benzene rings is 1. The maximum atomic E-state index is 13.0. The van der Waals surface area contributed by atoms with Gasteiger partial charge in [-0.2, -0.15) is 8.42 Å². The fourth-order valence-corrected chi connectivity index (χ4v) is 5.74. The minimum atomic E-state index is -4.23. The molecule has 130 valence electrons. The molecule has 0 aromatic heterocycles. The summed E-state index contributed by atoms with van der Waals surface area (Å²) in [4.78, 5) is 13.0. The highest BCUT2D eigenvalue weighted by Gasteiger charge is 2.67. The molecule has 1 N–H and O–H groups in total. The third-order valence-electron chi connectivity index (χ3n) is 5.90. The van der Waals surface area contributed by atoms with Gasteiger partial charge in [-0.1, -0.05) is 26.0 Å². The van der Waals surface area contributed by atoms with Crippen molar-refractivity contribution in [3.05, 3.63) is 35.4 Å². The van der Waals surface area contributed by atoms with Gasteiger partial charge in [0.15, 0.2) is 5.78 Å². The van der Waals surface area contributed by atoms with Gasteiger partial charge in [-0.25, -0.2) is 0 Å². The summed E-state index contributed by atoms with van der Waals surface area (Å²) in [5.74, 6) is 0.105. The molecule has 1 unspecified atom stereocenters. The van der Waals surface area contributed by atoms with Gasteiger partial charge >= 0.3 is 0 Å². The fraction of sp³-hybridized carbons (Fsp3) is 0.500. The molecule has 2 aliphatic carbocycles. The average Bonchev–Trinajstić information content (AvgIpc) is 2.81. The molecule has 0 spiro atoms. The Morgan fingerprint density at radius 1 is 1.29 bits per heavy atom. The number of hydrogen-bond acceptors (Lipinski definition) is 4. The molecule has 3 rings (SSSR count). The van der Waals surface area contributed by atoms with Crippen LogP contribution in [0.25, 0.3) is 6.08 Å². The largest absolute Gasteiger partial charge is 0.497 e. The lowest BCUT2D eigenvalue weighted by Crippen LogP contribution is -2.42. The van der Waals surface area contributed by atoms with E-state index in [1.807, 2.05) is 44.2 Å². The summed E-state index contributed by atoms with van der Waals surface area (Å²) in [6, 6.07) is 7.38. The highest BCUT2D eigenvalue weighted by Crippen LogP contribution is 2.66. The Hall–Kier alpha value is -1.66. The third kappa shape index (κ3) is 2.48. The summed E-state index contributed by atoms with van der Waals surface area (Å²) in [5, 5.41) is 0. The normalized spacial score (nSPS) is 30.1. The predicted molar refractivity (Wildman–Crippen MR) is 91.3 cm³/mol. The average molecular weight is 350 g/mol. The summed E-state index contributed by atoms with van der Waals surface area (Å²) >= 11 is 0. The standard InChI is InChI=1S/C18H22O5S/c1-17(2)15-8-9-18(17,11-24(20,21)22)16(19)14(15)10-12-4-6-13(23-3)7-5-12/h4-7,10,15H,8-9,11H2,1-3H3,(H,20,21,22)/b14-10+/t15?,18-/m0/s1. The van der Waals surface area contributed by atoms with Crippen LogP contribution in [0.1, 0.15) is 32.3 Å². The Labute approximate surface area is 142 Å². The molecule has 0 heterocycles. The molecule has 0 aliphatic heterocycles. The van der Waals surface area contributed by atoms with Crippen LogP contribution in [-0.4, -0.2) is 31.6 Å². The molecule has 2 atom stereocenters. The number of carbonyl (C=O) groups excluding carboxylic acids is 1. The molecule has 6 heteroatoms. The topological polar surface area (TPSA) is 80.7 Å². The zero-order valence-electron chi connectivity index (χ0n) is 14.1. The number of rotatable bonds is 4. The zero-order chi connectivity index (χ0) is 17.8. The van der Waals surface area contributed by atoms with Gasteiger partial charge in [-0.05, 0) is 47.9 Å². The summed E-state index contributed by atoms with van der Waals surface area (Å²) in [6.07, 6.45) is 3.11. The molecule has 1 aromatic rings. The maximum absolute atomic E-state index is 13.0. The van der Waals surface area contributed by atoms with E-state index >= 15 is 0 Å². The van der Waals surface area contributed by atoms with Crippen LogP contribution in [0.3, 0.4) is 0 Å². The number of carbonyl (C=O) groups is 1. The molecule has 24 heavy (non-hydrogen) atoms. The van der Waals surface area contributed by atoms with Gasteiger partial charge in [0.1, 0.15) is 5.75 Å². The first kappa shape index (κ1) is 17.2. The molecular formula is C18H22O5S. The monoisotopic (exact) mass is 350 g/mol. The van der Waals surface area contributed by atoms with Crippen LogP contribution in [0, 0.1) is 16.7 Å².